The first-order valence-corrected chi connectivity index (χ1v) is 6.74. The van der Waals surface area contributed by atoms with Crippen LogP contribution in [0.2, 0.25) is 0 Å². The summed E-state index contributed by atoms with van der Waals surface area (Å²) in [4.78, 5) is 16.5. The molecule has 1 aliphatic heterocycles. The molecule has 1 amide bonds. The van der Waals surface area contributed by atoms with Gasteiger partial charge in [-0.2, -0.15) is 5.10 Å². The second kappa shape index (κ2) is 4.37. The Morgan fingerprint density at radius 2 is 1.90 bits per heavy atom. The maximum absolute atomic E-state index is 12.7. The highest BCUT2D eigenvalue weighted by atomic mass is 16.2. The summed E-state index contributed by atoms with van der Waals surface area (Å²) < 4.78 is 1.85. The number of aromatic nitrogens is 2. The molecule has 2 aromatic rings. The fourth-order valence-electron chi connectivity index (χ4n) is 2.94. The average Bonchev–Trinajstić information content (AvgIpc) is 2.68. The first-order chi connectivity index (χ1) is 9.56. The zero-order chi connectivity index (χ0) is 14.4. The predicted molar refractivity (Wildman–Crippen MR) is 79.8 cm³/mol. The molecule has 0 radical (unpaired) electrons. The number of anilines is 3. The molecule has 0 bridgehead atoms. The molecule has 0 fully saturated rings. The summed E-state index contributed by atoms with van der Waals surface area (Å²) in [5.41, 5.74) is 3.42. The predicted octanol–water partition coefficient (Wildman–Crippen LogP) is 2.48. The fraction of sp³-hybridized carbons (Fsp3) is 0.333. The molecule has 1 aromatic heterocycles. The van der Waals surface area contributed by atoms with Crippen molar-refractivity contribution in [2.24, 2.45) is 7.05 Å². The van der Waals surface area contributed by atoms with Crippen LogP contribution in [0.3, 0.4) is 0 Å². The molecule has 20 heavy (non-hydrogen) atoms. The molecular weight excluding hydrogens is 252 g/mol. The monoisotopic (exact) mass is 270 g/mol. The third kappa shape index (κ3) is 1.56. The number of amides is 1. The summed E-state index contributed by atoms with van der Waals surface area (Å²) in [6, 6.07) is 7.73. The lowest BCUT2D eigenvalue weighted by Gasteiger charge is -2.23. The van der Waals surface area contributed by atoms with Crippen LogP contribution in [0.4, 0.5) is 17.2 Å². The minimum absolute atomic E-state index is 0.00824. The molecule has 0 spiro atoms. The van der Waals surface area contributed by atoms with Gasteiger partial charge in [0.15, 0.2) is 5.82 Å². The second-order valence-corrected chi connectivity index (χ2v) is 5.01. The van der Waals surface area contributed by atoms with Crippen molar-refractivity contribution in [2.45, 2.75) is 13.8 Å². The standard InChI is InChI=1S/C15H18N4O/c1-5-19-12-9-7-6-8-11(12)15(20)17(3)13-10(2)16-18(4)14(13)19/h6-9H,5H2,1-4H3. The molecular formula is C15H18N4O. The number of fused-ring (bicyclic) bond motifs is 2. The van der Waals surface area contributed by atoms with Gasteiger partial charge in [0.05, 0.1) is 16.9 Å². The molecule has 0 atom stereocenters. The Morgan fingerprint density at radius 3 is 2.60 bits per heavy atom. The van der Waals surface area contributed by atoms with E-state index in [2.05, 4.69) is 16.9 Å². The van der Waals surface area contributed by atoms with Crippen molar-refractivity contribution >= 4 is 23.1 Å². The van der Waals surface area contributed by atoms with Gasteiger partial charge >= 0.3 is 0 Å². The molecule has 0 saturated carbocycles. The number of aryl methyl sites for hydroxylation is 2. The molecule has 5 nitrogen and oxygen atoms in total. The lowest BCUT2D eigenvalue weighted by molar-refractivity contribution is 0.0994. The van der Waals surface area contributed by atoms with E-state index in [1.165, 1.54) is 0 Å². The van der Waals surface area contributed by atoms with Gasteiger partial charge in [-0.25, -0.2) is 0 Å². The third-order valence-electron chi connectivity index (χ3n) is 3.80. The molecule has 0 unspecified atom stereocenters. The van der Waals surface area contributed by atoms with Gasteiger partial charge in [-0.05, 0) is 26.0 Å². The van der Waals surface area contributed by atoms with Crippen LogP contribution in [-0.2, 0) is 7.05 Å². The Labute approximate surface area is 118 Å². The van der Waals surface area contributed by atoms with Crippen molar-refractivity contribution in [1.29, 1.82) is 0 Å². The zero-order valence-corrected chi connectivity index (χ0v) is 12.2. The number of benzene rings is 1. The SMILES string of the molecule is CCN1c2ccccc2C(=O)N(C)c2c(C)nn(C)c21. The quantitative estimate of drug-likeness (QED) is 0.799. The number of hydrogen-bond acceptors (Lipinski definition) is 3. The molecule has 2 heterocycles. The number of nitrogens with zero attached hydrogens (tertiary/aromatic N) is 4. The van der Waals surface area contributed by atoms with E-state index in [1.807, 2.05) is 50.0 Å². The molecule has 0 N–H and O–H groups in total. The Balaban J connectivity index is 2.36. The first-order valence-electron chi connectivity index (χ1n) is 6.74. The lowest BCUT2D eigenvalue weighted by Crippen LogP contribution is -2.25. The molecule has 3 rings (SSSR count). The van der Waals surface area contributed by atoms with Crippen LogP contribution < -0.4 is 9.80 Å². The summed E-state index contributed by atoms with van der Waals surface area (Å²) in [7, 11) is 3.73. The van der Waals surface area contributed by atoms with E-state index >= 15 is 0 Å². The average molecular weight is 270 g/mol. The zero-order valence-electron chi connectivity index (χ0n) is 12.2. The highest BCUT2D eigenvalue weighted by Crippen LogP contribution is 2.41. The van der Waals surface area contributed by atoms with Crippen molar-refractivity contribution in [1.82, 2.24) is 9.78 Å². The van der Waals surface area contributed by atoms with E-state index in [9.17, 15) is 4.79 Å². The topological polar surface area (TPSA) is 41.4 Å². The fourth-order valence-corrected chi connectivity index (χ4v) is 2.94. The molecule has 1 aromatic carbocycles. The van der Waals surface area contributed by atoms with Gasteiger partial charge in [0.25, 0.3) is 5.91 Å². The Hall–Kier alpha value is -2.30. The van der Waals surface area contributed by atoms with E-state index in [1.54, 1.807) is 4.90 Å². The second-order valence-electron chi connectivity index (χ2n) is 5.01. The van der Waals surface area contributed by atoms with Crippen LogP contribution in [0.5, 0.6) is 0 Å². The Morgan fingerprint density at radius 1 is 1.20 bits per heavy atom. The largest absolute Gasteiger partial charge is 0.324 e. The highest BCUT2D eigenvalue weighted by Gasteiger charge is 2.32. The van der Waals surface area contributed by atoms with Crippen LogP contribution in [0.1, 0.15) is 23.0 Å². The molecule has 1 aliphatic rings. The van der Waals surface area contributed by atoms with Crippen LogP contribution >= 0.6 is 0 Å². The molecule has 0 saturated heterocycles. The number of carbonyl (C=O) groups is 1. The van der Waals surface area contributed by atoms with Crippen LogP contribution in [0.25, 0.3) is 0 Å². The third-order valence-corrected chi connectivity index (χ3v) is 3.80. The maximum atomic E-state index is 12.7. The van der Waals surface area contributed by atoms with Crippen molar-refractivity contribution in [3.63, 3.8) is 0 Å². The van der Waals surface area contributed by atoms with Crippen LogP contribution in [0, 0.1) is 6.92 Å². The normalized spacial score (nSPS) is 14.1. The van der Waals surface area contributed by atoms with E-state index in [0.717, 1.165) is 35.0 Å². The van der Waals surface area contributed by atoms with Gasteiger partial charge < -0.3 is 9.80 Å². The smallest absolute Gasteiger partial charge is 0.260 e. The summed E-state index contributed by atoms with van der Waals surface area (Å²) in [5, 5.41) is 4.47. The van der Waals surface area contributed by atoms with E-state index in [0.29, 0.717) is 0 Å². The Kier molecular flexibility index (Phi) is 2.78. The summed E-state index contributed by atoms with van der Waals surface area (Å²) >= 11 is 0. The van der Waals surface area contributed by atoms with E-state index < -0.39 is 0 Å². The maximum Gasteiger partial charge on any atom is 0.260 e. The lowest BCUT2D eigenvalue weighted by atomic mass is 10.1. The van der Waals surface area contributed by atoms with Gasteiger partial charge in [-0.15, -0.1) is 0 Å². The van der Waals surface area contributed by atoms with Gasteiger partial charge in [0.1, 0.15) is 5.69 Å². The van der Waals surface area contributed by atoms with Crippen molar-refractivity contribution in [3.8, 4) is 0 Å². The van der Waals surface area contributed by atoms with Gasteiger partial charge in [-0.3, -0.25) is 9.48 Å². The van der Waals surface area contributed by atoms with Crippen molar-refractivity contribution in [2.75, 3.05) is 23.4 Å². The van der Waals surface area contributed by atoms with Crippen LogP contribution in [0.15, 0.2) is 24.3 Å². The summed E-state index contributed by atoms with van der Waals surface area (Å²) in [6.07, 6.45) is 0. The van der Waals surface area contributed by atoms with E-state index in [-0.39, 0.29) is 5.91 Å². The summed E-state index contributed by atoms with van der Waals surface area (Å²) in [6.45, 7) is 4.80. The van der Waals surface area contributed by atoms with E-state index in [4.69, 9.17) is 0 Å². The van der Waals surface area contributed by atoms with Crippen molar-refractivity contribution < 1.29 is 4.79 Å². The highest BCUT2D eigenvalue weighted by molar-refractivity contribution is 6.13. The van der Waals surface area contributed by atoms with Gasteiger partial charge in [0.2, 0.25) is 0 Å². The van der Waals surface area contributed by atoms with Gasteiger partial charge in [0, 0.05) is 20.6 Å². The number of carbonyl (C=O) groups excluding carboxylic acids is 1. The Bertz CT molecular complexity index is 689. The number of rotatable bonds is 1. The number of hydrogen-bond donors (Lipinski definition) is 0. The molecule has 104 valence electrons. The van der Waals surface area contributed by atoms with Crippen LogP contribution in [-0.4, -0.2) is 29.3 Å². The summed E-state index contributed by atoms with van der Waals surface area (Å²) in [5.74, 6) is 0.972. The minimum atomic E-state index is 0.00824. The molecule has 0 aliphatic carbocycles. The van der Waals surface area contributed by atoms with Gasteiger partial charge in [-0.1, -0.05) is 12.1 Å². The first kappa shape index (κ1) is 12.7. The number of para-hydroxylation sites is 1. The minimum Gasteiger partial charge on any atom is -0.324 e. The molecule has 5 heteroatoms. The van der Waals surface area contributed by atoms with Crippen molar-refractivity contribution in [3.05, 3.63) is 35.5 Å².